The number of carboxylic acids is 1. The van der Waals surface area contributed by atoms with Gasteiger partial charge in [0.15, 0.2) is 0 Å². The van der Waals surface area contributed by atoms with E-state index in [9.17, 15) is 9.59 Å². The maximum absolute atomic E-state index is 11.8. The minimum Gasteiger partial charge on any atom is -0.481 e. The summed E-state index contributed by atoms with van der Waals surface area (Å²) >= 11 is 0. The molecule has 0 bridgehead atoms. The summed E-state index contributed by atoms with van der Waals surface area (Å²) in [6.07, 6.45) is 3.94. The Morgan fingerprint density at radius 3 is 2.75 bits per heavy atom. The van der Waals surface area contributed by atoms with Crippen molar-refractivity contribution in [3.63, 3.8) is 0 Å². The average Bonchev–Trinajstić information content (AvgIpc) is 2.65. The molecule has 1 saturated heterocycles. The zero-order valence-corrected chi connectivity index (χ0v) is 9.52. The van der Waals surface area contributed by atoms with Crippen LogP contribution >= 0.6 is 0 Å². The van der Waals surface area contributed by atoms with Crippen LogP contribution in [0.3, 0.4) is 0 Å². The number of hydrogen-bond acceptors (Lipinski definition) is 3. The van der Waals surface area contributed by atoms with Gasteiger partial charge in [0.05, 0.1) is 6.42 Å². The summed E-state index contributed by atoms with van der Waals surface area (Å²) in [5.41, 5.74) is 5.36. The first kappa shape index (κ1) is 13.0. The lowest BCUT2D eigenvalue weighted by atomic mass is 10.1. The molecule has 1 amide bonds. The van der Waals surface area contributed by atoms with Gasteiger partial charge in [0, 0.05) is 19.0 Å². The van der Waals surface area contributed by atoms with E-state index in [2.05, 4.69) is 0 Å². The van der Waals surface area contributed by atoms with Crippen LogP contribution in [0.15, 0.2) is 0 Å². The van der Waals surface area contributed by atoms with Crippen LogP contribution in [-0.4, -0.2) is 41.0 Å². The van der Waals surface area contributed by atoms with Gasteiger partial charge in [0.1, 0.15) is 0 Å². The van der Waals surface area contributed by atoms with Crippen LogP contribution in [0.4, 0.5) is 0 Å². The lowest BCUT2D eigenvalue weighted by molar-refractivity contribution is -0.139. The summed E-state index contributed by atoms with van der Waals surface area (Å²) in [6, 6.07) is -0.0946. The first-order valence-electron chi connectivity index (χ1n) is 5.86. The second-order valence-corrected chi connectivity index (χ2v) is 4.23. The van der Waals surface area contributed by atoms with Crippen LogP contribution < -0.4 is 5.73 Å². The van der Waals surface area contributed by atoms with Crippen molar-refractivity contribution < 1.29 is 14.7 Å². The average molecular weight is 228 g/mol. The fourth-order valence-corrected chi connectivity index (χ4v) is 2.14. The first-order chi connectivity index (χ1) is 7.65. The first-order valence-corrected chi connectivity index (χ1v) is 5.86. The minimum absolute atomic E-state index is 0.0721. The van der Waals surface area contributed by atoms with E-state index in [1.165, 1.54) is 0 Å². The molecule has 0 aromatic rings. The third kappa shape index (κ3) is 3.81. The van der Waals surface area contributed by atoms with Crippen molar-refractivity contribution in [1.82, 2.24) is 4.90 Å². The van der Waals surface area contributed by atoms with Crippen molar-refractivity contribution in [2.45, 2.75) is 44.6 Å². The molecular weight excluding hydrogens is 208 g/mol. The van der Waals surface area contributed by atoms with E-state index < -0.39 is 5.97 Å². The van der Waals surface area contributed by atoms with Gasteiger partial charge >= 0.3 is 5.97 Å². The fourth-order valence-electron chi connectivity index (χ4n) is 2.14. The normalized spacial score (nSPS) is 20.1. The van der Waals surface area contributed by atoms with E-state index in [1.54, 1.807) is 4.90 Å². The molecule has 0 radical (unpaired) electrons. The molecular formula is C11H20N2O3. The summed E-state index contributed by atoms with van der Waals surface area (Å²) in [7, 11) is 0. The molecule has 0 saturated carbocycles. The number of hydrogen-bond donors (Lipinski definition) is 2. The summed E-state index contributed by atoms with van der Waals surface area (Å²) in [5.74, 6) is -0.746. The Bertz CT molecular complexity index is 256. The minimum atomic E-state index is -0.827. The Balaban J connectivity index is 2.38. The smallest absolute Gasteiger partial charge is 0.305 e. The summed E-state index contributed by atoms with van der Waals surface area (Å²) < 4.78 is 0. The third-order valence-electron chi connectivity index (χ3n) is 2.95. The Hall–Kier alpha value is -1.10. The SMILES string of the molecule is NCCCCC(=O)N1CCCC1CC(=O)O. The lowest BCUT2D eigenvalue weighted by Gasteiger charge is -2.23. The quantitative estimate of drug-likeness (QED) is 0.651. The number of carbonyl (C=O) groups excluding carboxylic acids is 1. The number of nitrogens with zero attached hydrogens (tertiary/aromatic N) is 1. The molecule has 1 aliphatic rings. The molecule has 0 aromatic heterocycles. The zero-order valence-electron chi connectivity index (χ0n) is 9.52. The van der Waals surface area contributed by atoms with Crippen molar-refractivity contribution in [3.05, 3.63) is 0 Å². The highest BCUT2D eigenvalue weighted by molar-refractivity contribution is 5.78. The van der Waals surface area contributed by atoms with E-state index in [0.29, 0.717) is 19.5 Å². The summed E-state index contributed by atoms with van der Waals surface area (Å²) in [4.78, 5) is 24.2. The van der Waals surface area contributed by atoms with E-state index in [-0.39, 0.29) is 18.4 Å². The molecule has 5 nitrogen and oxygen atoms in total. The van der Waals surface area contributed by atoms with Crippen molar-refractivity contribution in [3.8, 4) is 0 Å². The number of carbonyl (C=O) groups is 2. The predicted octanol–water partition coefficient (Wildman–Crippen LogP) is 0.581. The van der Waals surface area contributed by atoms with Gasteiger partial charge in [0.2, 0.25) is 5.91 Å². The van der Waals surface area contributed by atoms with Crippen LogP contribution in [0.5, 0.6) is 0 Å². The largest absolute Gasteiger partial charge is 0.481 e. The van der Waals surface area contributed by atoms with Gasteiger partial charge in [-0.15, -0.1) is 0 Å². The number of aliphatic carboxylic acids is 1. The number of unbranched alkanes of at least 4 members (excludes halogenated alkanes) is 1. The van der Waals surface area contributed by atoms with Crippen molar-refractivity contribution in [2.24, 2.45) is 5.73 Å². The van der Waals surface area contributed by atoms with Gasteiger partial charge in [-0.3, -0.25) is 9.59 Å². The Kier molecular flexibility index (Phi) is 5.25. The number of carboxylic acid groups (broad SMARTS) is 1. The fraction of sp³-hybridized carbons (Fsp3) is 0.818. The molecule has 0 aromatic carbocycles. The van der Waals surface area contributed by atoms with Gasteiger partial charge in [-0.25, -0.2) is 0 Å². The topological polar surface area (TPSA) is 83.6 Å². The number of nitrogens with two attached hydrogens (primary N) is 1. The molecule has 3 N–H and O–H groups in total. The van der Waals surface area contributed by atoms with Gasteiger partial charge < -0.3 is 15.7 Å². The molecule has 5 heteroatoms. The predicted molar refractivity (Wildman–Crippen MR) is 59.9 cm³/mol. The summed E-state index contributed by atoms with van der Waals surface area (Å²) in [6.45, 7) is 1.31. The lowest BCUT2D eigenvalue weighted by Crippen LogP contribution is -2.36. The monoisotopic (exact) mass is 228 g/mol. The molecule has 0 aliphatic carbocycles. The van der Waals surface area contributed by atoms with Crippen LogP contribution in [0.2, 0.25) is 0 Å². The molecule has 1 aliphatic heterocycles. The van der Waals surface area contributed by atoms with Crippen LogP contribution in [0.1, 0.15) is 38.5 Å². The molecule has 16 heavy (non-hydrogen) atoms. The standard InChI is InChI=1S/C11H20N2O3/c12-6-2-1-5-10(14)13-7-3-4-9(13)8-11(15)16/h9H,1-8,12H2,(H,15,16). The molecule has 92 valence electrons. The van der Waals surface area contributed by atoms with Crippen molar-refractivity contribution in [1.29, 1.82) is 0 Å². The number of likely N-dealkylation sites (tertiary alicyclic amines) is 1. The highest BCUT2D eigenvalue weighted by atomic mass is 16.4. The van der Waals surface area contributed by atoms with Gasteiger partial charge in [-0.05, 0) is 32.2 Å². The van der Waals surface area contributed by atoms with Crippen LogP contribution in [0, 0.1) is 0 Å². The van der Waals surface area contributed by atoms with Gasteiger partial charge in [0.25, 0.3) is 0 Å². The second-order valence-electron chi connectivity index (χ2n) is 4.23. The maximum Gasteiger partial charge on any atom is 0.305 e. The van der Waals surface area contributed by atoms with Crippen LogP contribution in [0.25, 0.3) is 0 Å². The third-order valence-corrected chi connectivity index (χ3v) is 2.95. The van der Waals surface area contributed by atoms with E-state index in [0.717, 1.165) is 25.7 Å². The summed E-state index contributed by atoms with van der Waals surface area (Å²) in [5, 5.41) is 8.73. The highest BCUT2D eigenvalue weighted by Gasteiger charge is 2.29. The Labute approximate surface area is 95.6 Å². The molecule has 1 atom stereocenters. The Morgan fingerprint density at radius 1 is 1.38 bits per heavy atom. The van der Waals surface area contributed by atoms with Crippen molar-refractivity contribution in [2.75, 3.05) is 13.1 Å². The van der Waals surface area contributed by atoms with E-state index in [1.807, 2.05) is 0 Å². The van der Waals surface area contributed by atoms with Crippen LogP contribution in [-0.2, 0) is 9.59 Å². The molecule has 0 spiro atoms. The van der Waals surface area contributed by atoms with E-state index in [4.69, 9.17) is 10.8 Å². The zero-order chi connectivity index (χ0) is 12.0. The molecule has 1 rings (SSSR count). The second kappa shape index (κ2) is 6.48. The van der Waals surface area contributed by atoms with Gasteiger partial charge in [-0.2, -0.15) is 0 Å². The number of amides is 1. The molecule has 1 heterocycles. The highest BCUT2D eigenvalue weighted by Crippen LogP contribution is 2.21. The number of rotatable bonds is 6. The molecule has 1 fully saturated rings. The van der Waals surface area contributed by atoms with Gasteiger partial charge in [-0.1, -0.05) is 0 Å². The Morgan fingerprint density at radius 2 is 2.12 bits per heavy atom. The van der Waals surface area contributed by atoms with Crippen molar-refractivity contribution >= 4 is 11.9 Å². The van der Waals surface area contributed by atoms with E-state index >= 15 is 0 Å². The maximum atomic E-state index is 11.8. The molecule has 1 unspecified atom stereocenters.